The normalized spacial score (nSPS) is 13.2. The third kappa shape index (κ3) is 4.39. The number of nitrogens with zero attached hydrogens (tertiary/aromatic N) is 3. The van der Waals surface area contributed by atoms with Gasteiger partial charge in [-0.1, -0.05) is 26.0 Å². The Bertz CT molecular complexity index is 926. The number of anilines is 1. The average molecular weight is 377 g/mol. The molecule has 2 heterocycles. The van der Waals surface area contributed by atoms with Gasteiger partial charge in [0.1, 0.15) is 5.84 Å². The van der Waals surface area contributed by atoms with E-state index in [2.05, 4.69) is 23.8 Å². The van der Waals surface area contributed by atoms with Gasteiger partial charge in [0, 0.05) is 48.6 Å². The molecule has 1 aliphatic heterocycles. The fourth-order valence-corrected chi connectivity index (χ4v) is 3.38. The molecule has 6 heteroatoms. The molecule has 1 aromatic heterocycles. The van der Waals surface area contributed by atoms with Crippen LogP contribution in [0, 0.1) is 0 Å². The number of benzene rings is 1. The van der Waals surface area contributed by atoms with Gasteiger partial charge in [-0.25, -0.2) is 4.99 Å². The van der Waals surface area contributed by atoms with Crippen molar-refractivity contribution >= 4 is 29.2 Å². The Morgan fingerprint density at radius 2 is 1.82 bits per heavy atom. The van der Waals surface area contributed by atoms with Crippen molar-refractivity contribution in [2.45, 2.75) is 33.1 Å². The number of aliphatic imine (C=N–C) groups is 1. The van der Waals surface area contributed by atoms with Crippen molar-refractivity contribution in [3.05, 3.63) is 47.8 Å². The van der Waals surface area contributed by atoms with E-state index in [0.29, 0.717) is 23.5 Å². The summed E-state index contributed by atoms with van der Waals surface area (Å²) < 4.78 is 0. The van der Waals surface area contributed by atoms with Crippen LogP contribution in [0.5, 0.6) is 0 Å². The Morgan fingerprint density at radius 3 is 2.50 bits per heavy atom. The summed E-state index contributed by atoms with van der Waals surface area (Å²) >= 11 is 0. The van der Waals surface area contributed by atoms with Gasteiger partial charge in [0.2, 0.25) is 5.91 Å². The third-order valence-corrected chi connectivity index (χ3v) is 4.64. The molecule has 1 aliphatic rings. The summed E-state index contributed by atoms with van der Waals surface area (Å²) in [5.41, 5.74) is 16.8. The van der Waals surface area contributed by atoms with E-state index in [9.17, 15) is 4.79 Å². The lowest BCUT2D eigenvalue weighted by molar-refractivity contribution is -0.127. The molecule has 1 amide bonds. The fraction of sp³-hybridized carbons (Fsp3) is 0.318. The highest BCUT2D eigenvalue weighted by Gasteiger charge is 2.21. The second-order valence-electron chi connectivity index (χ2n) is 7.02. The van der Waals surface area contributed by atoms with Crippen molar-refractivity contribution in [3.63, 3.8) is 0 Å². The van der Waals surface area contributed by atoms with E-state index in [4.69, 9.17) is 11.5 Å². The molecule has 0 unspecified atom stereocenters. The Morgan fingerprint density at radius 1 is 1.07 bits per heavy atom. The molecule has 6 nitrogen and oxygen atoms in total. The van der Waals surface area contributed by atoms with Gasteiger partial charge < -0.3 is 16.4 Å². The monoisotopic (exact) mass is 377 g/mol. The second kappa shape index (κ2) is 8.69. The largest absolute Gasteiger partial charge is 0.397 e. The smallest absolute Gasteiger partial charge is 0.250 e. The Kier molecular flexibility index (Phi) is 6.09. The van der Waals surface area contributed by atoms with Crippen molar-refractivity contribution in [3.8, 4) is 11.1 Å². The molecule has 146 valence electrons. The van der Waals surface area contributed by atoms with Crippen LogP contribution in [-0.4, -0.2) is 34.7 Å². The van der Waals surface area contributed by atoms with Crippen molar-refractivity contribution in [2.24, 2.45) is 10.7 Å². The summed E-state index contributed by atoms with van der Waals surface area (Å²) in [4.78, 5) is 23.6. The number of pyridine rings is 1. The van der Waals surface area contributed by atoms with Crippen LogP contribution in [0.4, 0.5) is 11.4 Å². The van der Waals surface area contributed by atoms with Gasteiger partial charge in [-0.15, -0.1) is 0 Å². The lowest BCUT2D eigenvalue weighted by Gasteiger charge is -2.22. The minimum absolute atomic E-state index is 0.0406. The van der Waals surface area contributed by atoms with Crippen LogP contribution in [-0.2, 0) is 4.79 Å². The number of hydrogen-bond donors (Lipinski definition) is 2. The Labute approximate surface area is 166 Å². The fourth-order valence-electron chi connectivity index (χ4n) is 3.38. The first kappa shape index (κ1) is 19.6. The Balaban J connectivity index is 1.97. The summed E-state index contributed by atoms with van der Waals surface area (Å²) in [6, 6.07) is 7.78. The van der Waals surface area contributed by atoms with E-state index >= 15 is 0 Å². The quantitative estimate of drug-likeness (QED) is 0.801. The van der Waals surface area contributed by atoms with Gasteiger partial charge >= 0.3 is 0 Å². The van der Waals surface area contributed by atoms with Crippen LogP contribution in [0.25, 0.3) is 17.2 Å². The molecule has 3 rings (SSSR count). The first-order chi connectivity index (χ1) is 13.5. The number of amidine groups is 1. The predicted octanol–water partition coefficient (Wildman–Crippen LogP) is 3.76. The van der Waals surface area contributed by atoms with Gasteiger partial charge in [-0.2, -0.15) is 0 Å². The standard InChI is InChI=1S/C22H27N5O/c1-3-7-27(8-4-2)22(28)17-9-16-6-5-15(11-20(16)26-21(24)12-17)18-10-19(23)14-25-13-18/h5-6,9-11,13-14H,3-4,7-8,12,23H2,1-2H3,(H2,24,26). The van der Waals surface area contributed by atoms with Crippen molar-refractivity contribution in [1.82, 2.24) is 9.88 Å². The first-order valence-corrected chi connectivity index (χ1v) is 9.69. The molecule has 0 aliphatic carbocycles. The number of rotatable bonds is 6. The van der Waals surface area contributed by atoms with Crippen molar-refractivity contribution < 1.29 is 4.79 Å². The summed E-state index contributed by atoms with van der Waals surface area (Å²) in [7, 11) is 0. The summed E-state index contributed by atoms with van der Waals surface area (Å²) in [6.45, 7) is 5.65. The van der Waals surface area contributed by atoms with E-state index in [-0.39, 0.29) is 5.91 Å². The highest BCUT2D eigenvalue weighted by Crippen LogP contribution is 2.32. The molecule has 1 aromatic carbocycles. The molecule has 0 radical (unpaired) electrons. The minimum Gasteiger partial charge on any atom is -0.397 e. The summed E-state index contributed by atoms with van der Waals surface area (Å²) in [5, 5.41) is 0. The number of aromatic nitrogens is 1. The molecule has 0 spiro atoms. The molecular weight excluding hydrogens is 350 g/mol. The number of hydrogen-bond acceptors (Lipinski definition) is 5. The van der Waals surface area contributed by atoms with Crippen LogP contribution in [0.2, 0.25) is 0 Å². The van der Waals surface area contributed by atoms with E-state index < -0.39 is 0 Å². The van der Waals surface area contributed by atoms with Crippen LogP contribution in [0.3, 0.4) is 0 Å². The highest BCUT2D eigenvalue weighted by atomic mass is 16.2. The maximum atomic E-state index is 13.0. The molecule has 0 bridgehead atoms. The number of fused-ring (bicyclic) bond motifs is 1. The summed E-state index contributed by atoms with van der Waals surface area (Å²) in [5.74, 6) is 0.480. The molecule has 28 heavy (non-hydrogen) atoms. The average Bonchev–Trinajstić information content (AvgIpc) is 2.84. The zero-order valence-electron chi connectivity index (χ0n) is 16.5. The lowest BCUT2D eigenvalue weighted by Crippen LogP contribution is -2.34. The molecule has 4 N–H and O–H groups in total. The van der Waals surface area contributed by atoms with E-state index in [1.165, 1.54) is 0 Å². The van der Waals surface area contributed by atoms with E-state index in [1.807, 2.05) is 35.2 Å². The Hall–Kier alpha value is -3.15. The maximum absolute atomic E-state index is 13.0. The van der Waals surface area contributed by atoms with Gasteiger partial charge in [-0.05, 0) is 36.6 Å². The zero-order chi connectivity index (χ0) is 20.1. The van der Waals surface area contributed by atoms with Gasteiger partial charge in [0.05, 0.1) is 11.4 Å². The van der Waals surface area contributed by atoms with Crippen LogP contribution in [0.1, 0.15) is 38.7 Å². The lowest BCUT2D eigenvalue weighted by atomic mass is 10.0. The number of nitrogens with two attached hydrogens (primary N) is 2. The van der Waals surface area contributed by atoms with Gasteiger partial charge in [-0.3, -0.25) is 9.78 Å². The van der Waals surface area contributed by atoms with E-state index in [1.54, 1.807) is 12.4 Å². The van der Waals surface area contributed by atoms with Crippen molar-refractivity contribution in [1.29, 1.82) is 0 Å². The molecule has 0 fully saturated rings. The summed E-state index contributed by atoms with van der Waals surface area (Å²) in [6.07, 6.45) is 7.50. The highest BCUT2D eigenvalue weighted by molar-refractivity contribution is 6.05. The van der Waals surface area contributed by atoms with Crippen LogP contribution in [0.15, 0.2) is 47.2 Å². The molecular formula is C22H27N5O. The predicted molar refractivity (Wildman–Crippen MR) is 115 cm³/mol. The number of nitrogen functional groups attached to an aromatic ring is 1. The second-order valence-corrected chi connectivity index (χ2v) is 7.02. The maximum Gasteiger partial charge on any atom is 0.250 e. The molecule has 0 atom stereocenters. The SMILES string of the molecule is CCCN(CCC)C(=O)C1=Cc2ccc(-c3cncc(N)c3)cc2N=C(N)C1. The van der Waals surface area contributed by atoms with Crippen LogP contribution >= 0.6 is 0 Å². The number of carbonyl (C=O) groups is 1. The van der Waals surface area contributed by atoms with Gasteiger partial charge in [0.15, 0.2) is 0 Å². The molecule has 0 saturated heterocycles. The molecule has 0 saturated carbocycles. The zero-order valence-corrected chi connectivity index (χ0v) is 16.5. The minimum atomic E-state index is 0.0406. The van der Waals surface area contributed by atoms with E-state index in [0.717, 1.165) is 48.3 Å². The first-order valence-electron chi connectivity index (χ1n) is 9.69. The molecule has 2 aromatic rings. The van der Waals surface area contributed by atoms with Crippen LogP contribution < -0.4 is 11.5 Å². The number of carbonyl (C=O) groups excluding carboxylic acids is 1. The third-order valence-electron chi connectivity index (χ3n) is 4.64. The topological polar surface area (TPSA) is 97.6 Å². The number of amides is 1. The van der Waals surface area contributed by atoms with Gasteiger partial charge in [0.25, 0.3) is 0 Å². The van der Waals surface area contributed by atoms with Crippen molar-refractivity contribution in [2.75, 3.05) is 18.8 Å².